The summed E-state index contributed by atoms with van der Waals surface area (Å²) in [7, 11) is 0. The number of anilines is 1. The molecule has 0 saturated carbocycles. The van der Waals surface area contributed by atoms with E-state index in [1.54, 1.807) is 6.07 Å². The topological polar surface area (TPSA) is 37.6 Å². The molecule has 4 aromatic rings. The second-order valence-corrected chi connectivity index (χ2v) is 8.27. The fourth-order valence-corrected chi connectivity index (χ4v) is 3.92. The lowest BCUT2D eigenvalue weighted by atomic mass is 10.1. The zero-order chi connectivity index (χ0) is 21.8. The molecule has 158 valence electrons. The van der Waals surface area contributed by atoms with Crippen LogP contribution in [0.5, 0.6) is 0 Å². The number of carbonyl (C=O) groups is 1. The van der Waals surface area contributed by atoms with Crippen LogP contribution in [0.15, 0.2) is 72.9 Å². The summed E-state index contributed by atoms with van der Waals surface area (Å²) in [5, 5.41) is 1.25. The highest BCUT2D eigenvalue weighted by atomic mass is 35.5. The standard InChI is InChI=1S/C25H23Cl2N3O/c1-2-3-15-29(21-7-5-4-6-8-21)24(31)16-22-25(18-9-11-19(26)12-10-18)28-23-14-13-20(27)17-30(22)23/h4-14,17H,2-3,15-16H2,1H3. The molecule has 2 aromatic heterocycles. The number of rotatable bonds is 7. The summed E-state index contributed by atoms with van der Waals surface area (Å²) in [6.07, 6.45) is 3.96. The van der Waals surface area contributed by atoms with E-state index in [1.165, 1.54) is 0 Å². The van der Waals surface area contributed by atoms with Crippen LogP contribution in [0.25, 0.3) is 16.9 Å². The number of benzene rings is 2. The smallest absolute Gasteiger partial charge is 0.233 e. The van der Waals surface area contributed by atoms with Gasteiger partial charge in [-0.25, -0.2) is 4.98 Å². The third-order valence-electron chi connectivity index (χ3n) is 5.22. The lowest BCUT2D eigenvalue weighted by Crippen LogP contribution is -2.33. The van der Waals surface area contributed by atoms with Crippen molar-refractivity contribution in [3.63, 3.8) is 0 Å². The van der Waals surface area contributed by atoms with Crippen molar-refractivity contribution in [1.82, 2.24) is 9.38 Å². The predicted molar refractivity (Wildman–Crippen MR) is 128 cm³/mol. The van der Waals surface area contributed by atoms with Gasteiger partial charge in [-0.2, -0.15) is 0 Å². The van der Waals surface area contributed by atoms with E-state index in [0.29, 0.717) is 16.6 Å². The van der Waals surface area contributed by atoms with E-state index in [9.17, 15) is 4.79 Å². The van der Waals surface area contributed by atoms with E-state index < -0.39 is 0 Å². The van der Waals surface area contributed by atoms with Crippen molar-refractivity contribution in [3.8, 4) is 11.3 Å². The first-order valence-corrected chi connectivity index (χ1v) is 11.1. The van der Waals surface area contributed by atoms with Crippen LogP contribution >= 0.6 is 23.2 Å². The van der Waals surface area contributed by atoms with Gasteiger partial charge in [0.15, 0.2) is 0 Å². The van der Waals surface area contributed by atoms with Crippen molar-refractivity contribution in [3.05, 3.63) is 88.7 Å². The number of unbranched alkanes of at least 4 members (excludes halogenated alkanes) is 1. The van der Waals surface area contributed by atoms with Crippen molar-refractivity contribution < 1.29 is 4.79 Å². The molecule has 2 heterocycles. The largest absolute Gasteiger partial charge is 0.312 e. The van der Waals surface area contributed by atoms with Crippen LogP contribution in [-0.2, 0) is 11.2 Å². The maximum absolute atomic E-state index is 13.5. The third-order valence-corrected chi connectivity index (χ3v) is 5.70. The SMILES string of the molecule is CCCCN(C(=O)Cc1c(-c2ccc(Cl)cc2)nc2ccc(Cl)cn12)c1ccccc1. The summed E-state index contributed by atoms with van der Waals surface area (Å²) >= 11 is 12.3. The van der Waals surface area contributed by atoms with Gasteiger partial charge >= 0.3 is 0 Å². The van der Waals surface area contributed by atoms with Crippen LogP contribution in [0.2, 0.25) is 10.0 Å². The molecule has 0 bridgehead atoms. The number of hydrogen-bond donors (Lipinski definition) is 0. The molecule has 0 atom stereocenters. The highest BCUT2D eigenvalue weighted by molar-refractivity contribution is 6.30. The molecule has 0 aliphatic heterocycles. The Morgan fingerprint density at radius 2 is 1.68 bits per heavy atom. The first-order chi connectivity index (χ1) is 15.1. The van der Waals surface area contributed by atoms with E-state index >= 15 is 0 Å². The summed E-state index contributed by atoms with van der Waals surface area (Å²) in [5.41, 5.74) is 4.13. The zero-order valence-corrected chi connectivity index (χ0v) is 18.8. The number of amides is 1. The number of fused-ring (bicyclic) bond motifs is 1. The molecule has 31 heavy (non-hydrogen) atoms. The van der Waals surface area contributed by atoms with Gasteiger partial charge in [0.1, 0.15) is 5.65 Å². The van der Waals surface area contributed by atoms with Crippen molar-refractivity contribution in [1.29, 1.82) is 0 Å². The van der Waals surface area contributed by atoms with Gasteiger partial charge in [0, 0.05) is 29.0 Å². The average Bonchev–Trinajstić information content (AvgIpc) is 3.13. The Balaban J connectivity index is 1.76. The molecule has 6 heteroatoms. The molecular formula is C25H23Cl2N3O. The molecule has 0 aliphatic rings. The number of carbonyl (C=O) groups excluding carboxylic acids is 1. The van der Waals surface area contributed by atoms with Crippen LogP contribution in [-0.4, -0.2) is 21.8 Å². The maximum atomic E-state index is 13.5. The summed E-state index contributed by atoms with van der Waals surface area (Å²) < 4.78 is 1.91. The quantitative estimate of drug-likeness (QED) is 0.314. The van der Waals surface area contributed by atoms with Crippen LogP contribution in [0.4, 0.5) is 5.69 Å². The molecule has 0 radical (unpaired) electrons. The molecule has 2 aromatic carbocycles. The van der Waals surface area contributed by atoms with Gasteiger partial charge in [0.2, 0.25) is 5.91 Å². The van der Waals surface area contributed by atoms with Gasteiger partial charge in [0.25, 0.3) is 0 Å². The first kappa shape index (κ1) is 21.4. The van der Waals surface area contributed by atoms with Crippen LogP contribution in [0.3, 0.4) is 0 Å². The van der Waals surface area contributed by atoms with Gasteiger partial charge in [0.05, 0.1) is 22.8 Å². The molecule has 0 saturated heterocycles. The van der Waals surface area contributed by atoms with E-state index in [1.807, 2.05) is 76.2 Å². The van der Waals surface area contributed by atoms with Crippen molar-refractivity contribution in [2.24, 2.45) is 0 Å². The number of para-hydroxylation sites is 1. The Labute approximate surface area is 192 Å². The number of halogens is 2. The Morgan fingerprint density at radius 1 is 0.968 bits per heavy atom. The normalized spacial score (nSPS) is 11.1. The zero-order valence-electron chi connectivity index (χ0n) is 17.3. The molecule has 4 rings (SSSR count). The monoisotopic (exact) mass is 451 g/mol. The van der Waals surface area contributed by atoms with Crippen LogP contribution < -0.4 is 4.90 Å². The third kappa shape index (κ3) is 4.76. The van der Waals surface area contributed by atoms with Gasteiger partial charge in [-0.3, -0.25) is 4.79 Å². The van der Waals surface area contributed by atoms with Crippen LogP contribution in [0.1, 0.15) is 25.5 Å². The number of pyridine rings is 1. The number of hydrogen-bond acceptors (Lipinski definition) is 2. The Bertz CT molecular complexity index is 1190. The highest BCUT2D eigenvalue weighted by Gasteiger charge is 2.22. The lowest BCUT2D eigenvalue weighted by molar-refractivity contribution is -0.118. The fourth-order valence-electron chi connectivity index (χ4n) is 3.64. The Morgan fingerprint density at radius 3 is 2.39 bits per heavy atom. The van der Waals surface area contributed by atoms with Gasteiger partial charge in [-0.15, -0.1) is 0 Å². The second kappa shape index (κ2) is 9.54. The van der Waals surface area contributed by atoms with Gasteiger partial charge in [-0.1, -0.05) is 66.9 Å². The lowest BCUT2D eigenvalue weighted by Gasteiger charge is -2.23. The number of aromatic nitrogens is 2. The minimum absolute atomic E-state index is 0.0247. The average molecular weight is 452 g/mol. The van der Waals surface area contributed by atoms with Crippen molar-refractivity contribution in [2.45, 2.75) is 26.2 Å². The number of nitrogens with zero attached hydrogens (tertiary/aromatic N) is 3. The first-order valence-electron chi connectivity index (χ1n) is 10.3. The molecule has 0 N–H and O–H groups in total. The van der Waals surface area contributed by atoms with E-state index in [-0.39, 0.29) is 12.3 Å². The fraction of sp³-hybridized carbons (Fsp3) is 0.200. The van der Waals surface area contributed by atoms with Crippen molar-refractivity contribution >= 4 is 40.4 Å². The summed E-state index contributed by atoms with van der Waals surface area (Å²) in [5.74, 6) is 0.0247. The van der Waals surface area contributed by atoms with Crippen molar-refractivity contribution in [2.75, 3.05) is 11.4 Å². The summed E-state index contributed by atoms with van der Waals surface area (Å²) in [6.45, 7) is 2.80. The maximum Gasteiger partial charge on any atom is 0.233 e. The minimum Gasteiger partial charge on any atom is -0.312 e. The molecule has 4 nitrogen and oxygen atoms in total. The number of imidazole rings is 1. The molecule has 0 spiro atoms. The summed E-state index contributed by atoms with van der Waals surface area (Å²) in [6, 6.07) is 21.0. The Hall–Kier alpha value is -2.82. The van der Waals surface area contributed by atoms with E-state index in [0.717, 1.165) is 41.1 Å². The minimum atomic E-state index is 0.0247. The van der Waals surface area contributed by atoms with Crippen LogP contribution in [0, 0.1) is 0 Å². The molecule has 0 aliphatic carbocycles. The van der Waals surface area contributed by atoms with E-state index in [2.05, 4.69) is 6.92 Å². The summed E-state index contributed by atoms with van der Waals surface area (Å²) in [4.78, 5) is 20.2. The highest BCUT2D eigenvalue weighted by Crippen LogP contribution is 2.28. The molecule has 0 fully saturated rings. The van der Waals surface area contributed by atoms with E-state index in [4.69, 9.17) is 28.2 Å². The van der Waals surface area contributed by atoms with Gasteiger partial charge < -0.3 is 9.30 Å². The second-order valence-electron chi connectivity index (χ2n) is 7.40. The predicted octanol–water partition coefficient (Wildman–Crippen LogP) is 6.68. The molecule has 1 amide bonds. The molecular weight excluding hydrogens is 429 g/mol. The Kier molecular flexibility index (Phi) is 6.59. The van der Waals surface area contributed by atoms with Gasteiger partial charge in [-0.05, 0) is 42.8 Å². The molecule has 0 unspecified atom stereocenters.